The highest BCUT2D eigenvalue weighted by Gasteiger charge is 2.46. The van der Waals surface area contributed by atoms with Crippen LogP contribution in [0, 0.1) is 5.41 Å². The molecule has 50 heavy (non-hydrogen) atoms. The molecule has 276 valence electrons. The standard InChI is InChI=1S/C42H62N2O6/c1-6-7-8-9-10-11-12-21-29-42(32-22-15-13-16-23-32,33-24-17-14-18-25-33)39(47)44-34-26-19-20-27-35(34)49-36(45)28-30-43-38(46)37-40(2,3)31-48-41(4,5)50-37/h13-18,22-25,34-35,37H,6-12,19-21,26-31H2,1-5H3,(H,43,46)(H,44,47)/t34-,35-,37?/m0/s1. The van der Waals surface area contributed by atoms with E-state index < -0.39 is 28.8 Å². The first-order valence-electron chi connectivity index (χ1n) is 19.2. The summed E-state index contributed by atoms with van der Waals surface area (Å²) in [6.07, 6.45) is 12.4. The molecule has 2 aromatic carbocycles. The maximum atomic E-state index is 14.8. The molecular formula is C42H62N2O6. The van der Waals surface area contributed by atoms with E-state index in [1.165, 1.54) is 38.5 Å². The number of ether oxygens (including phenoxy) is 3. The Morgan fingerprint density at radius 2 is 1.40 bits per heavy atom. The van der Waals surface area contributed by atoms with Crippen LogP contribution >= 0.6 is 0 Å². The number of amides is 2. The molecule has 0 bridgehead atoms. The number of hydrogen-bond donors (Lipinski definition) is 2. The van der Waals surface area contributed by atoms with Crippen molar-refractivity contribution in [3.63, 3.8) is 0 Å². The summed E-state index contributed by atoms with van der Waals surface area (Å²) in [5, 5.41) is 6.27. The van der Waals surface area contributed by atoms with Gasteiger partial charge in [-0.15, -0.1) is 0 Å². The van der Waals surface area contributed by atoms with Gasteiger partial charge in [0.25, 0.3) is 0 Å². The minimum Gasteiger partial charge on any atom is -0.460 e. The van der Waals surface area contributed by atoms with Crippen molar-refractivity contribution in [1.29, 1.82) is 0 Å². The fourth-order valence-electron chi connectivity index (χ4n) is 7.42. The summed E-state index contributed by atoms with van der Waals surface area (Å²) in [5.74, 6) is -1.56. The maximum absolute atomic E-state index is 14.8. The van der Waals surface area contributed by atoms with Crippen molar-refractivity contribution in [2.45, 2.75) is 154 Å². The lowest BCUT2D eigenvalue weighted by Gasteiger charge is -2.44. The van der Waals surface area contributed by atoms with Gasteiger partial charge in [0.1, 0.15) is 12.2 Å². The lowest BCUT2D eigenvalue weighted by Crippen LogP contribution is -2.56. The van der Waals surface area contributed by atoms with Gasteiger partial charge in [-0.1, -0.05) is 139 Å². The maximum Gasteiger partial charge on any atom is 0.307 e. The molecule has 1 heterocycles. The van der Waals surface area contributed by atoms with E-state index in [0.29, 0.717) is 19.4 Å². The van der Waals surface area contributed by atoms with Gasteiger partial charge >= 0.3 is 5.97 Å². The zero-order chi connectivity index (χ0) is 36.0. The lowest BCUT2D eigenvalue weighted by molar-refractivity contribution is -0.304. The highest BCUT2D eigenvalue weighted by molar-refractivity contribution is 5.92. The van der Waals surface area contributed by atoms with Crippen LogP contribution in [0.5, 0.6) is 0 Å². The molecule has 2 amide bonds. The van der Waals surface area contributed by atoms with Gasteiger partial charge in [0.2, 0.25) is 11.8 Å². The summed E-state index contributed by atoms with van der Waals surface area (Å²) in [4.78, 5) is 40.9. The molecule has 8 heteroatoms. The number of esters is 1. The van der Waals surface area contributed by atoms with Crippen LogP contribution < -0.4 is 10.6 Å². The van der Waals surface area contributed by atoms with Crippen LogP contribution in [0.15, 0.2) is 60.7 Å². The molecule has 4 rings (SSSR count). The van der Waals surface area contributed by atoms with Crippen molar-refractivity contribution < 1.29 is 28.6 Å². The molecule has 1 unspecified atom stereocenters. The SMILES string of the molecule is CCCCCCCCCCC(C(=O)N[C@H]1CCCC[C@@H]1OC(=O)CCNC(=O)C1OC(C)(C)OCC1(C)C)(c1ccccc1)c1ccccc1. The van der Waals surface area contributed by atoms with Gasteiger partial charge in [-0.25, -0.2) is 0 Å². The Hall–Kier alpha value is -3.23. The van der Waals surface area contributed by atoms with Crippen molar-refractivity contribution in [1.82, 2.24) is 10.6 Å². The summed E-state index contributed by atoms with van der Waals surface area (Å²) >= 11 is 0. The average molecular weight is 691 g/mol. The Kier molecular flexibility index (Phi) is 14.9. The smallest absolute Gasteiger partial charge is 0.307 e. The van der Waals surface area contributed by atoms with Gasteiger partial charge in [0.15, 0.2) is 5.79 Å². The first-order valence-corrected chi connectivity index (χ1v) is 19.2. The summed E-state index contributed by atoms with van der Waals surface area (Å²) in [6, 6.07) is 20.0. The molecule has 2 aliphatic rings. The average Bonchev–Trinajstić information content (AvgIpc) is 3.10. The molecule has 2 fully saturated rings. The largest absolute Gasteiger partial charge is 0.460 e. The van der Waals surface area contributed by atoms with Crippen molar-refractivity contribution in [3.8, 4) is 0 Å². The number of unbranched alkanes of at least 4 members (excludes halogenated alkanes) is 7. The summed E-state index contributed by atoms with van der Waals surface area (Å²) < 4.78 is 17.7. The van der Waals surface area contributed by atoms with Gasteiger partial charge in [0.05, 0.1) is 24.5 Å². The normalized spacial score (nSPS) is 21.6. The van der Waals surface area contributed by atoms with E-state index in [9.17, 15) is 14.4 Å². The fraction of sp³-hybridized carbons (Fsp3) is 0.643. The fourth-order valence-corrected chi connectivity index (χ4v) is 7.42. The molecule has 1 saturated heterocycles. The second kappa shape index (κ2) is 18.8. The number of nitrogens with one attached hydrogen (secondary N) is 2. The molecule has 2 aromatic rings. The predicted octanol–water partition coefficient (Wildman–Crippen LogP) is 8.16. The first kappa shape index (κ1) is 39.6. The first-order chi connectivity index (χ1) is 24.0. The van der Waals surface area contributed by atoms with Crippen molar-refractivity contribution in [2.24, 2.45) is 5.41 Å². The minimum atomic E-state index is -0.865. The minimum absolute atomic E-state index is 0.0341. The number of carbonyl (C=O) groups excluding carboxylic acids is 3. The van der Waals surface area contributed by atoms with E-state index in [1.54, 1.807) is 13.8 Å². The molecular weight excluding hydrogens is 628 g/mol. The van der Waals surface area contributed by atoms with E-state index in [1.807, 2.05) is 50.2 Å². The van der Waals surface area contributed by atoms with E-state index >= 15 is 0 Å². The Morgan fingerprint density at radius 3 is 2.02 bits per heavy atom. The van der Waals surface area contributed by atoms with Crippen LogP contribution in [0.4, 0.5) is 0 Å². The second-order valence-corrected chi connectivity index (χ2v) is 15.5. The highest BCUT2D eigenvalue weighted by Crippen LogP contribution is 2.39. The Bertz CT molecular complexity index is 1310. The van der Waals surface area contributed by atoms with Gasteiger partial charge in [-0.05, 0) is 50.7 Å². The van der Waals surface area contributed by atoms with Crippen LogP contribution in [0.1, 0.15) is 136 Å². The molecule has 1 saturated carbocycles. The van der Waals surface area contributed by atoms with Gasteiger partial charge in [0, 0.05) is 12.0 Å². The van der Waals surface area contributed by atoms with Crippen LogP contribution in [0.25, 0.3) is 0 Å². The number of carbonyl (C=O) groups is 3. The third-order valence-corrected chi connectivity index (χ3v) is 10.4. The van der Waals surface area contributed by atoms with E-state index in [-0.39, 0.29) is 36.8 Å². The van der Waals surface area contributed by atoms with Gasteiger partial charge in [-0.2, -0.15) is 0 Å². The van der Waals surface area contributed by atoms with Gasteiger partial charge in [-0.3, -0.25) is 14.4 Å². The van der Waals surface area contributed by atoms with E-state index in [4.69, 9.17) is 14.2 Å². The molecule has 0 spiro atoms. The zero-order valence-corrected chi connectivity index (χ0v) is 31.3. The zero-order valence-electron chi connectivity index (χ0n) is 31.3. The van der Waals surface area contributed by atoms with Crippen molar-refractivity contribution in [3.05, 3.63) is 71.8 Å². The van der Waals surface area contributed by atoms with Crippen LogP contribution in [-0.4, -0.2) is 55.0 Å². The third kappa shape index (κ3) is 10.9. The molecule has 0 radical (unpaired) electrons. The van der Waals surface area contributed by atoms with Crippen LogP contribution in [0.2, 0.25) is 0 Å². The molecule has 1 aliphatic carbocycles. The molecule has 3 atom stereocenters. The second-order valence-electron chi connectivity index (χ2n) is 15.5. The summed E-state index contributed by atoms with van der Waals surface area (Å²) in [7, 11) is 0. The Morgan fingerprint density at radius 1 is 0.820 bits per heavy atom. The lowest BCUT2D eigenvalue weighted by atomic mass is 9.69. The third-order valence-electron chi connectivity index (χ3n) is 10.4. The van der Waals surface area contributed by atoms with Crippen molar-refractivity contribution >= 4 is 17.8 Å². The topological polar surface area (TPSA) is 103 Å². The van der Waals surface area contributed by atoms with Crippen LogP contribution in [-0.2, 0) is 34.0 Å². The number of rotatable bonds is 18. The predicted molar refractivity (Wildman–Crippen MR) is 197 cm³/mol. The monoisotopic (exact) mass is 690 g/mol. The molecule has 0 aromatic heterocycles. The Labute approximate surface area is 300 Å². The molecule has 8 nitrogen and oxygen atoms in total. The quantitative estimate of drug-likeness (QED) is 0.121. The van der Waals surface area contributed by atoms with E-state index in [0.717, 1.165) is 43.2 Å². The van der Waals surface area contributed by atoms with Gasteiger partial charge < -0.3 is 24.8 Å². The summed E-state index contributed by atoms with van der Waals surface area (Å²) in [6.45, 7) is 10.2. The molecule has 1 aliphatic heterocycles. The number of hydrogen-bond acceptors (Lipinski definition) is 6. The Balaban J connectivity index is 1.42. The number of benzene rings is 2. The summed E-state index contributed by atoms with van der Waals surface area (Å²) in [5.41, 5.74) is 0.588. The van der Waals surface area contributed by atoms with E-state index in [2.05, 4.69) is 41.8 Å². The highest BCUT2D eigenvalue weighted by atomic mass is 16.7. The molecule has 2 N–H and O–H groups in total. The van der Waals surface area contributed by atoms with Crippen molar-refractivity contribution in [2.75, 3.05) is 13.2 Å². The van der Waals surface area contributed by atoms with Crippen LogP contribution in [0.3, 0.4) is 0 Å².